The standard InChI is InChI=1S/C44H28N3OP/c48-49(32-19-8-3-9-20-32)39-27-24-29-14-10-11-21-33(29)41(39)35-25-26-38-42(43(35)49)34-22-12-13-23-37(34)47(38)40-28-36(30-15-4-1-5-16-30)45-44(46-40)31-17-6-2-7-18-31/h1-28H. The van der Waals surface area contributed by atoms with Gasteiger partial charge in [0.05, 0.1) is 16.7 Å². The minimum absolute atomic E-state index is 0.651. The maximum absolute atomic E-state index is 16.2. The van der Waals surface area contributed by atoms with Gasteiger partial charge in [-0.05, 0) is 34.5 Å². The summed E-state index contributed by atoms with van der Waals surface area (Å²) < 4.78 is 18.4. The normalized spacial score (nSPS) is 15.1. The Morgan fingerprint density at radius 1 is 0.531 bits per heavy atom. The largest absolute Gasteiger partial charge is 0.309 e. The van der Waals surface area contributed by atoms with Crippen molar-refractivity contribution >= 4 is 55.6 Å². The average Bonchev–Trinajstić information content (AvgIpc) is 3.66. The lowest BCUT2D eigenvalue weighted by Crippen LogP contribution is -2.21. The molecule has 0 amide bonds. The minimum atomic E-state index is -3.30. The number of hydrogen-bond donors (Lipinski definition) is 0. The third-order valence-corrected chi connectivity index (χ3v) is 13.0. The van der Waals surface area contributed by atoms with Gasteiger partial charge in [0.1, 0.15) is 5.82 Å². The van der Waals surface area contributed by atoms with Gasteiger partial charge in [0.15, 0.2) is 13.0 Å². The lowest BCUT2D eigenvalue weighted by molar-refractivity contribution is 0.593. The molecule has 0 radical (unpaired) electrons. The molecule has 1 unspecified atom stereocenters. The van der Waals surface area contributed by atoms with E-state index in [-0.39, 0.29) is 0 Å². The van der Waals surface area contributed by atoms with E-state index in [1.165, 1.54) is 0 Å². The number of fused-ring (bicyclic) bond motifs is 9. The van der Waals surface area contributed by atoms with Crippen LogP contribution in [0, 0.1) is 0 Å². The van der Waals surface area contributed by atoms with E-state index in [4.69, 9.17) is 9.97 Å². The number of benzene rings is 7. The third kappa shape index (κ3) is 4.08. The molecule has 230 valence electrons. The maximum atomic E-state index is 16.2. The van der Waals surface area contributed by atoms with Crippen molar-refractivity contribution in [2.24, 2.45) is 0 Å². The third-order valence-electron chi connectivity index (χ3n) is 9.80. The fourth-order valence-electron chi connectivity index (χ4n) is 7.67. The second kappa shape index (κ2) is 10.7. The topological polar surface area (TPSA) is 47.8 Å². The van der Waals surface area contributed by atoms with Gasteiger partial charge in [0.2, 0.25) is 0 Å². The average molecular weight is 646 g/mol. The Labute approximate surface area is 283 Å². The SMILES string of the molecule is O=P1(c2ccccc2)c2ccc3ccccc3c2-c2ccc3c(c21)c1ccccc1n3-c1cc(-c2ccccc2)nc(-c2ccccc2)n1. The van der Waals surface area contributed by atoms with Crippen molar-refractivity contribution in [3.05, 3.63) is 170 Å². The smallest absolute Gasteiger partial charge is 0.172 e. The molecular formula is C44H28N3OP. The highest BCUT2D eigenvalue weighted by atomic mass is 31.2. The van der Waals surface area contributed by atoms with Gasteiger partial charge >= 0.3 is 0 Å². The van der Waals surface area contributed by atoms with Crippen LogP contribution in [0.2, 0.25) is 0 Å². The van der Waals surface area contributed by atoms with Crippen LogP contribution in [0.4, 0.5) is 0 Å². The summed E-state index contributed by atoms with van der Waals surface area (Å²) in [5.74, 6) is 1.41. The van der Waals surface area contributed by atoms with Gasteiger partial charge in [-0.15, -0.1) is 0 Å². The lowest BCUT2D eigenvalue weighted by Gasteiger charge is -2.17. The minimum Gasteiger partial charge on any atom is -0.309 e. The number of nitrogens with zero attached hydrogens (tertiary/aromatic N) is 3. The molecule has 1 atom stereocenters. The van der Waals surface area contributed by atoms with E-state index in [1.807, 2.05) is 78.9 Å². The van der Waals surface area contributed by atoms with Crippen molar-refractivity contribution in [2.45, 2.75) is 0 Å². The molecule has 49 heavy (non-hydrogen) atoms. The second-order valence-corrected chi connectivity index (χ2v) is 15.2. The van der Waals surface area contributed by atoms with Crippen LogP contribution in [0.15, 0.2) is 170 Å². The summed E-state index contributed by atoms with van der Waals surface area (Å²) >= 11 is 0. The van der Waals surface area contributed by atoms with E-state index < -0.39 is 7.14 Å². The van der Waals surface area contributed by atoms with Crippen LogP contribution in [-0.4, -0.2) is 14.5 Å². The summed E-state index contributed by atoms with van der Waals surface area (Å²) in [6.45, 7) is 0. The van der Waals surface area contributed by atoms with Gasteiger partial charge in [-0.25, -0.2) is 9.97 Å². The molecule has 4 nitrogen and oxygen atoms in total. The van der Waals surface area contributed by atoms with Crippen LogP contribution in [-0.2, 0) is 4.57 Å². The molecule has 0 saturated carbocycles. The molecule has 5 heteroatoms. The summed E-state index contributed by atoms with van der Waals surface area (Å²) in [6, 6.07) is 57.9. The van der Waals surface area contributed by atoms with Gasteiger partial charge in [-0.2, -0.15) is 0 Å². The van der Waals surface area contributed by atoms with Gasteiger partial charge < -0.3 is 4.57 Å². The number of para-hydroxylation sites is 1. The van der Waals surface area contributed by atoms with E-state index >= 15 is 4.57 Å². The van der Waals surface area contributed by atoms with Crippen LogP contribution in [0.25, 0.3) is 72.2 Å². The Morgan fingerprint density at radius 3 is 1.96 bits per heavy atom. The number of hydrogen-bond acceptors (Lipinski definition) is 3. The molecular weight excluding hydrogens is 617 g/mol. The first-order chi connectivity index (χ1) is 24.2. The Bertz CT molecular complexity index is 2730. The molecule has 1 aliphatic rings. The highest BCUT2D eigenvalue weighted by Crippen LogP contribution is 2.56. The molecule has 0 spiro atoms. The molecule has 2 aromatic heterocycles. The monoisotopic (exact) mass is 645 g/mol. The molecule has 0 fully saturated rings. The molecule has 0 bridgehead atoms. The first-order valence-electron chi connectivity index (χ1n) is 16.5. The second-order valence-electron chi connectivity index (χ2n) is 12.5. The Kier molecular flexibility index (Phi) is 6.12. The maximum Gasteiger partial charge on any atom is 0.172 e. The van der Waals surface area contributed by atoms with Crippen molar-refractivity contribution in [1.29, 1.82) is 0 Å². The van der Waals surface area contributed by atoms with E-state index in [9.17, 15) is 0 Å². The fourth-order valence-corrected chi connectivity index (χ4v) is 11.0. The van der Waals surface area contributed by atoms with Crippen LogP contribution in [0.3, 0.4) is 0 Å². The van der Waals surface area contributed by atoms with Gasteiger partial charge in [-0.1, -0.05) is 146 Å². The molecule has 1 aliphatic heterocycles. The Morgan fingerprint density at radius 2 is 1.18 bits per heavy atom. The Hall–Kier alpha value is -6.09. The van der Waals surface area contributed by atoms with Crippen LogP contribution < -0.4 is 15.9 Å². The van der Waals surface area contributed by atoms with E-state index in [1.54, 1.807) is 0 Å². The molecule has 3 heterocycles. The molecule has 7 aromatic carbocycles. The van der Waals surface area contributed by atoms with Crippen molar-refractivity contribution in [3.8, 4) is 39.6 Å². The highest BCUT2D eigenvalue weighted by Gasteiger charge is 2.43. The van der Waals surface area contributed by atoms with Gasteiger partial charge in [0, 0.05) is 49.4 Å². The zero-order chi connectivity index (χ0) is 32.5. The summed E-state index contributed by atoms with van der Waals surface area (Å²) in [7, 11) is -3.30. The zero-order valence-electron chi connectivity index (χ0n) is 26.4. The van der Waals surface area contributed by atoms with E-state index in [0.29, 0.717) is 5.82 Å². The van der Waals surface area contributed by atoms with Gasteiger partial charge in [-0.3, -0.25) is 4.57 Å². The molecule has 0 N–H and O–H groups in total. The van der Waals surface area contributed by atoms with Crippen LogP contribution in [0.5, 0.6) is 0 Å². The van der Waals surface area contributed by atoms with Crippen molar-refractivity contribution in [3.63, 3.8) is 0 Å². The molecule has 0 aliphatic carbocycles. The quantitative estimate of drug-likeness (QED) is 0.179. The van der Waals surface area contributed by atoms with E-state index in [2.05, 4.69) is 95.6 Å². The molecule has 0 saturated heterocycles. The van der Waals surface area contributed by atoms with Gasteiger partial charge in [0.25, 0.3) is 0 Å². The highest BCUT2D eigenvalue weighted by molar-refractivity contribution is 7.87. The van der Waals surface area contributed by atoms with Crippen molar-refractivity contribution < 1.29 is 4.57 Å². The van der Waals surface area contributed by atoms with E-state index in [0.717, 1.165) is 82.3 Å². The molecule has 9 aromatic rings. The summed E-state index contributed by atoms with van der Waals surface area (Å²) in [6.07, 6.45) is 0. The first kappa shape index (κ1) is 28.0. The summed E-state index contributed by atoms with van der Waals surface area (Å²) in [5.41, 5.74) is 6.86. The van der Waals surface area contributed by atoms with Crippen molar-refractivity contribution in [1.82, 2.24) is 14.5 Å². The van der Waals surface area contributed by atoms with Crippen molar-refractivity contribution in [2.75, 3.05) is 0 Å². The molecule has 10 rings (SSSR count). The number of rotatable bonds is 4. The predicted octanol–water partition coefficient (Wildman–Crippen LogP) is 9.68. The first-order valence-corrected chi connectivity index (χ1v) is 18.2. The lowest BCUT2D eigenvalue weighted by atomic mass is 9.97. The number of aromatic nitrogens is 3. The van der Waals surface area contributed by atoms with Crippen LogP contribution in [0.1, 0.15) is 0 Å². The van der Waals surface area contributed by atoms with Crippen LogP contribution >= 0.6 is 7.14 Å². The summed E-state index contributed by atoms with van der Waals surface area (Å²) in [5, 5.41) is 6.95. The Balaban J connectivity index is 1.34. The zero-order valence-corrected chi connectivity index (χ0v) is 27.3. The summed E-state index contributed by atoms with van der Waals surface area (Å²) in [4.78, 5) is 10.3. The fraction of sp³-hybridized carbons (Fsp3) is 0. The predicted molar refractivity (Wildman–Crippen MR) is 203 cm³/mol.